The third-order valence-electron chi connectivity index (χ3n) is 1.62. The highest BCUT2D eigenvalue weighted by Gasteiger charge is 1.89. The minimum absolute atomic E-state index is 0.931. The lowest BCUT2D eigenvalue weighted by molar-refractivity contribution is 0.944. The summed E-state index contributed by atoms with van der Waals surface area (Å²) in [6.45, 7) is 9.73. The van der Waals surface area contributed by atoms with Crippen LogP contribution >= 0.6 is 0 Å². The monoisotopic (exact) mass is 178 g/mol. The smallest absolute Gasteiger partial charge is 0.131 e. The molecule has 0 aliphatic heterocycles. The van der Waals surface area contributed by atoms with Crippen LogP contribution in [0, 0.1) is 6.92 Å². The lowest BCUT2D eigenvalue weighted by Crippen LogP contribution is -2.17. The third-order valence-corrected chi connectivity index (χ3v) is 1.62. The van der Waals surface area contributed by atoms with Crippen LogP contribution in [0.3, 0.4) is 0 Å². The van der Waals surface area contributed by atoms with Crippen molar-refractivity contribution >= 4 is 6.20 Å². The quantitative estimate of drug-likeness (QED) is 0.628. The Balaban J connectivity index is 0.000000671. The molecule has 0 atom stereocenters. The summed E-state index contributed by atoms with van der Waals surface area (Å²) in [6, 6.07) is 5.96. The van der Waals surface area contributed by atoms with Crippen molar-refractivity contribution in [2.75, 3.05) is 7.05 Å². The van der Waals surface area contributed by atoms with Gasteiger partial charge in [0.15, 0.2) is 0 Å². The highest BCUT2D eigenvalue weighted by atomic mass is 15.0. The van der Waals surface area contributed by atoms with Gasteiger partial charge in [-0.2, -0.15) is 0 Å². The van der Waals surface area contributed by atoms with Crippen LogP contribution in [0.15, 0.2) is 29.8 Å². The standard InChI is InChI=1S/C9H12N2.C2H6/c1-4-11-8(2)6-5-7-9(11)10-3;1-2/h4-7H,1H2,2-3H3;1-2H3. The van der Waals surface area contributed by atoms with Gasteiger partial charge in [0.05, 0.1) is 0 Å². The average Bonchev–Trinajstić information content (AvgIpc) is 2.20. The van der Waals surface area contributed by atoms with E-state index in [9.17, 15) is 0 Å². The van der Waals surface area contributed by atoms with Crippen molar-refractivity contribution < 1.29 is 0 Å². The van der Waals surface area contributed by atoms with Gasteiger partial charge in [-0.15, -0.1) is 0 Å². The Morgan fingerprint density at radius 1 is 1.38 bits per heavy atom. The summed E-state index contributed by atoms with van der Waals surface area (Å²) < 4.78 is 1.94. The highest BCUT2D eigenvalue weighted by molar-refractivity contribution is 5.22. The fourth-order valence-electron chi connectivity index (χ4n) is 1.03. The molecule has 0 unspecified atom stereocenters. The first-order chi connectivity index (χ1) is 6.29. The number of hydrogen-bond donors (Lipinski definition) is 0. The van der Waals surface area contributed by atoms with Crippen molar-refractivity contribution in [1.29, 1.82) is 0 Å². The molecule has 0 N–H and O–H groups in total. The van der Waals surface area contributed by atoms with E-state index in [1.165, 1.54) is 0 Å². The molecule has 1 heterocycles. The van der Waals surface area contributed by atoms with E-state index in [2.05, 4.69) is 11.6 Å². The largest absolute Gasteiger partial charge is 0.307 e. The van der Waals surface area contributed by atoms with Gasteiger partial charge in [0.25, 0.3) is 0 Å². The zero-order valence-corrected chi connectivity index (χ0v) is 8.91. The van der Waals surface area contributed by atoms with Crippen LogP contribution in [0.1, 0.15) is 19.5 Å². The number of hydrogen-bond acceptors (Lipinski definition) is 1. The Bertz CT molecular complexity index is 321. The van der Waals surface area contributed by atoms with Crippen LogP contribution in [0.2, 0.25) is 0 Å². The summed E-state index contributed by atoms with van der Waals surface area (Å²) in [6.07, 6.45) is 1.76. The third kappa shape index (κ3) is 2.90. The van der Waals surface area contributed by atoms with Gasteiger partial charge in [-0.05, 0) is 19.1 Å². The second kappa shape index (κ2) is 6.23. The maximum absolute atomic E-state index is 4.09. The molecular formula is C11H18N2. The van der Waals surface area contributed by atoms with Crippen molar-refractivity contribution in [2.24, 2.45) is 4.99 Å². The van der Waals surface area contributed by atoms with Gasteiger partial charge in [0, 0.05) is 18.9 Å². The van der Waals surface area contributed by atoms with Crippen molar-refractivity contribution in [2.45, 2.75) is 20.8 Å². The van der Waals surface area contributed by atoms with E-state index in [0.717, 1.165) is 11.2 Å². The van der Waals surface area contributed by atoms with E-state index in [1.807, 2.05) is 43.5 Å². The SMILES string of the molecule is C=Cn1c(C)cccc1=NC.CC. The van der Waals surface area contributed by atoms with Crippen LogP contribution < -0.4 is 5.49 Å². The lowest BCUT2D eigenvalue weighted by atomic mass is 10.3. The van der Waals surface area contributed by atoms with E-state index in [1.54, 1.807) is 13.2 Å². The zero-order chi connectivity index (χ0) is 10.3. The molecule has 0 saturated carbocycles. The molecule has 2 heteroatoms. The Labute approximate surface area is 80.3 Å². The van der Waals surface area contributed by atoms with E-state index in [-0.39, 0.29) is 0 Å². The number of rotatable bonds is 1. The van der Waals surface area contributed by atoms with Crippen LogP contribution in [-0.2, 0) is 0 Å². The molecule has 0 aliphatic rings. The fraction of sp³-hybridized carbons (Fsp3) is 0.364. The Morgan fingerprint density at radius 2 is 2.00 bits per heavy atom. The molecule has 0 aromatic carbocycles. The molecule has 1 aromatic rings. The van der Waals surface area contributed by atoms with E-state index >= 15 is 0 Å². The molecule has 72 valence electrons. The van der Waals surface area contributed by atoms with Crippen LogP contribution in [-0.4, -0.2) is 11.6 Å². The van der Waals surface area contributed by atoms with Crippen molar-refractivity contribution in [1.82, 2.24) is 4.57 Å². The van der Waals surface area contributed by atoms with Crippen molar-refractivity contribution in [3.63, 3.8) is 0 Å². The Hall–Kier alpha value is -1.31. The Morgan fingerprint density at radius 3 is 2.38 bits per heavy atom. The lowest BCUT2D eigenvalue weighted by Gasteiger charge is -2.03. The molecule has 0 radical (unpaired) electrons. The van der Waals surface area contributed by atoms with Crippen molar-refractivity contribution in [3.05, 3.63) is 36.0 Å². The number of pyridine rings is 1. The zero-order valence-electron chi connectivity index (χ0n) is 8.91. The van der Waals surface area contributed by atoms with Gasteiger partial charge in [0.1, 0.15) is 5.49 Å². The maximum atomic E-state index is 4.09. The van der Waals surface area contributed by atoms with Crippen molar-refractivity contribution in [3.8, 4) is 0 Å². The summed E-state index contributed by atoms with van der Waals surface area (Å²) in [7, 11) is 1.77. The average molecular weight is 178 g/mol. The molecule has 1 aromatic heterocycles. The summed E-state index contributed by atoms with van der Waals surface area (Å²) in [5.74, 6) is 0. The summed E-state index contributed by atoms with van der Waals surface area (Å²) in [5.41, 5.74) is 2.07. The summed E-state index contributed by atoms with van der Waals surface area (Å²) in [4.78, 5) is 4.09. The molecule has 2 nitrogen and oxygen atoms in total. The molecule has 0 spiro atoms. The summed E-state index contributed by atoms with van der Waals surface area (Å²) in [5, 5.41) is 0. The molecular weight excluding hydrogens is 160 g/mol. The van der Waals surface area contributed by atoms with E-state index in [0.29, 0.717) is 0 Å². The first-order valence-electron chi connectivity index (χ1n) is 4.53. The maximum Gasteiger partial charge on any atom is 0.131 e. The highest BCUT2D eigenvalue weighted by Crippen LogP contribution is 1.92. The molecule has 0 amide bonds. The van der Waals surface area contributed by atoms with Crippen LogP contribution in [0.4, 0.5) is 0 Å². The number of aryl methyl sites for hydroxylation is 1. The van der Waals surface area contributed by atoms with Crippen LogP contribution in [0.5, 0.6) is 0 Å². The minimum Gasteiger partial charge on any atom is -0.307 e. The number of aromatic nitrogens is 1. The van der Waals surface area contributed by atoms with E-state index < -0.39 is 0 Å². The molecule has 0 aliphatic carbocycles. The first kappa shape index (κ1) is 11.7. The van der Waals surface area contributed by atoms with Gasteiger partial charge < -0.3 is 4.57 Å². The molecule has 0 bridgehead atoms. The second-order valence-electron chi connectivity index (χ2n) is 2.30. The minimum atomic E-state index is 0.931. The van der Waals surface area contributed by atoms with Gasteiger partial charge >= 0.3 is 0 Å². The molecule has 13 heavy (non-hydrogen) atoms. The topological polar surface area (TPSA) is 17.3 Å². The van der Waals surface area contributed by atoms with Gasteiger partial charge in [-0.25, -0.2) is 0 Å². The first-order valence-corrected chi connectivity index (χ1v) is 4.53. The van der Waals surface area contributed by atoms with Gasteiger partial charge in [0.2, 0.25) is 0 Å². The Kier molecular flexibility index (Phi) is 5.60. The summed E-state index contributed by atoms with van der Waals surface area (Å²) >= 11 is 0. The second-order valence-corrected chi connectivity index (χ2v) is 2.30. The fourth-order valence-corrected chi connectivity index (χ4v) is 1.03. The molecule has 0 saturated heterocycles. The normalized spacial score (nSPS) is 10.3. The molecule has 0 fully saturated rings. The van der Waals surface area contributed by atoms with Gasteiger partial charge in [-0.3, -0.25) is 4.99 Å². The van der Waals surface area contributed by atoms with E-state index in [4.69, 9.17) is 0 Å². The molecule has 1 rings (SSSR count). The van der Waals surface area contributed by atoms with Gasteiger partial charge in [-0.1, -0.05) is 26.5 Å². The number of nitrogens with zero attached hydrogens (tertiary/aromatic N) is 2. The predicted octanol–water partition coefficient (Wildman–Crippen LogP) is 2.45. The van der Waals surface area contributed by atoms with Crippen LogP contribution in [0.25, 0.3) is 6.20 Å². The predicted molar refractivity (Wildman–Crippen MR) is 58.4 cm³/mol.